The highest BCUT2D eigenvalue weighted by Gasteiger charge is 2.40. The van der Waals surface area contributed by atoms with Crippen LogP contribution in [0.15, 0.2) is 42.1 Å². The quantitative estimate of drug-likeness (QED) is 0.340. The number of ether oxygens (including phenoxy) is 2. The van der Waals surface area contributed by atoms with Gasteiger partial charge in [0, 0.05) is 28.7 Å². The maximum Gasteiger partial charge on any atom is 0.277 e. The third kappa shape index (κ3) is 5.13. The van der Waals surface area contributed by atoms with E-state index >= 15 is 0 Å². The fourth-order valence-corrected chi connectivity index (χ4v) is 5.08. The van der Waals surface area contributed by atoms with Crippen molar-refractivity contribution in [3.8, 4) is 11.5 Å². The molecule has 1 aliphatic heterocycles. The van der Waals surface area contributed by atoms with E-state index in [0.29, 0.717) is 32.4 Å². The molecule has 1 saturated heterocycles. The Hall–Kier alpha value is -2.28. The summed E-state index contributed by atoms with van der Waals surface area (Å²) in [5, 5.41) is 1.70. The Morgan fingerprint density at radius 1 is 1.09 bits per heavy atom. The van der Waals surface area contributed by atoms with Gasteiger partial charge in [0.05, 0.1) is 7.11 Å². The van der Waals surface area contributed by atoms with Gasteiger partial charge in [-0.1, -0.05) is 54.6 Å². The largest absolute Gasteiger partial charge is 0.493 e. The molecule has 1 amide bonds. The number of likely N-dealkylation sites (N-methyl/N-ethyl adjacent to an activating group) is 1. The van der Waals surface area contributed by atoms with E-state index in [2.05, 4.69) is 0 Å². The summed E-state index contributed by atoms with van der Waals surface area (Å²) in [5.74, 6) is 1.11. The second-order valence-corrected chi connectivity index (χ2v) is 9.48. The Morgan fingerprint density at radius 2 is 1.85 bits per heavy atom. The third-order valence-corrected chi connectivity index (χ3v) is 7.18. The van der Waals surface area contributed by atoms with Crippen molar-refractivity contribution in [1.29, 1.82) is 0 Å². The van der Waals surface area contributed by atoms with Crippen molar-refractivity contribution in [1.82, 2.24) is 9.80 Å². The van der Waals surface area contributed by atoms with E-state index in [0.717, 1.165) is 36.8 Å². The van der Waals surface area contributed by atoms with Crippen LogP contribution in [0.2, 0.25) is 10.0 Å². The first kappa shape index (κ1) is 23.9. The SMILES string of the molecule is COc1cc(/C=C2/C(=O)N(C3CCCCC3)C(=S)N2C)ccc1OCc1ccc(Cl)cc1Cl. The summed E-state index contributed by atoms with van der Waals surface area (Å²) >= 11 is 17.8. The number of thiocarbonyl (C=S) groups is 1. The topological polar surface area (TPSA) is 42.0 Å². The average Bonchev–Trinajstić information content (AvgIpc) is 3.02. The zero-order chi connectivity index (χ0) is 23.5. The molecule has 0 bridgehead atoms. The molecule has 1 heterocycles. The molecule has 2 fully saturated rings. The van der Waals surface area contributed by atoms with E-state index in [1.807, 2.05) is 37.4 Å². The highest BCUT2D eigenvalue weighted by atomic mass is 35.5. The van der Waals surface area contributed by atoms with Crippen molar-refractivity contribution in [2.75, 3.05) is 14.2 Å². The molecule has 0 N–H and O–H groups in total. The molecule has 0 aromatic heterocycles. The van der Waals surface area contributed by atoms with Crippen molar-refractivity contribution in [3.05, 3.63) is 63.3 Å². The van der Waals surface area contributed by atoms with E-state index in [4.69, 9.17) is 44.9 Å². The predicted octanol–water partition coefficient (Wildman–Crippen LogP) is 6.31. The van der Waals surface area contributed by atoms with Gasteiger partial charge in [0.15, 0.2) is 16.6 Å². The second kappa shape index (κ2) is 10.3. The molecule has 5 nitrogen and oxygen atoms in total. The zero-order valence-corrected chi connectivity index (χ0v) is 21.0. The van der Waals surface area contributed by atoms with Crippen molar-refractivity contribution in [2.24, 2.45) is 0 Å². The number of benzene rings is 2. The number of methoxy groups -OCH3 is 1. The Morgan fingerprint density at radius 3 is 2.55 bits per heavy atom. The fourth-order valence-electron chi connectivity index (χ4n) is 4.28. The van der Waals surface area contributed by atoms with Crippen LogP contribution in [0.5, 0.6) is 11.5 Å². The fraction of sp³-hybridized carbons (Fsp3) is 0.360. The molecule has 0 unspecified atom stereocenters. The molecule has 1 aliphatic carbocycles. The van der Waals surface area contributed by atoms with Gasteiger partial charge < -0.3 is 14.4 Å². The van der Waals surface area contributed by atoms with Crippen molar-refractivity contribution in [2.45, 2.75) is 44.8 Å². The Labute approximate surface area is 209 Å². The number of nitrogens with zero attached hydrogens (tertiary/aromatic N) is 2. The molecule has 0 spiro atoms. The van der Waals surface area contributed by atoms with Gasteiger partial charge in [0.1, 0.15) is 12.3 Å². The van der Waals surface area contributed by atoms with Crippen LogP contribution in [0.4, 0.5) is 0 Å². The highest BCUT2D eigenvalue weighted by Crippen LogP contribution is 2.33. The van der Waals surface area contributed by atoms with Gasteiger partial charge in [-0.05, 0) is 61.0 Å². The van der Waals surface area contributed by atoms with Crippen LogP contribution in [-0.2, 0) is 11.4 Å². The number of rotatable bonds is 6. The van der Waals surface area contributed by atoms with Crippen LogP contribution in [0.3, 0.4) is 0 Å². The summed E-state index contributed by atoms with van der Waals surface area (Å²) in [6.45, 7) is 0.276. The maximum absolute atomic E-state index is 13.2. The first-order valence-corrected chi connectivity index (χ1v) is 12.1. The minimum absolute atomic E-state index is 0.0360. The van der Waals surface area contributed by atoms with Crippen molar-refractivity contribution < 1.29 is 14.3 Å². The van der Waals surface area contributed by atoms with Gasteiger partial charge in [-0.3, -0.25) is 9.69 Å². The molecule has 2 aromatic rings. The predicted molar refractivity (Wildman–Crippen MR) is 136 cm³/mol. The van der Waals surface area contributed by atoms with Crippen LogP contribution in [0.25, 0.3) is 6.08 Å². The van der Waals surface area contributed by atoms with Crippen LogP contribution < -0.4 is 9.47 Å². The molecule has 2 aromatic carbocycles. The standard InChI is InChI=1S/C25H26Cl2N2O3S/c1-28-21(24(30)29(25(28)33)19-6-4-3-5-7-19)12-16-8-11-22(23(13-16)31-2)32-15-17-9-10-18(26)14-20(17)27/h8-14,19H,3-7,15H2,1-2H3/b21-12-. The molecule has 0 atom stereocenters. The van der Waals surface area contributed by atoms with Gasteiger partial charge in [0.25, 0.3) is 5.91 Å². The Bertz CT molecular complexity index is 1100. The minimum Gasteiger partial charge on any atom is -0.493 e. The number of amides is 1. The smallest absolute Gasteiger partial charge is 0.277 e. The lowest BCUT2D eigenvalue weighted by atomic mass is 9.94. The summed E-state index contributed by atoms with van der Waals surface area (Å²) in [6, 6.07) is 11.0. The molecule has 174 valence electrons. The lowest BCUT2D eigenvalue weighted by molar-refractivity contribution is -0.124. The number of carbonyl (C=O) groups is 1. The number of hydrogen-bond donors (Lipinski definition) is 0. The van der Waals surface area contributed by atoms with Crippen LogP contribution >= 0.6 is 35.4 Å². The van der Waals surface area contributed by atoms with Crippen LogP contribution in [-0.4, -0.2) is 41.0 Å². The average molecular weight is 505 g/mol. The van der Waals surface area contributed by atoms with Gasteiger partial charge in [-0.25, -0.2) is 0 Å². The molecule has 8 heteroatoms. The number of halogens is 2. The molecule has 33 heavy (non-hydrogen) atoms. The molecule has 2 aliphatic rings. The lowest BCUT2D eigenvalue weighted by Gasteiger charge is -2.30. The lowest BCUT2D eigenvalue weighted by Crippen LogP contribution is -2.41. The monoisotopic (exact) mass is 504 g/mol. The zero-order valence-electron chi connectivity index (χ0n) is 18.6. The van der Waals surface area contributed by atoms with Gasteiger partial charge >= 0.3 is 0 Å². The van der Waals surface area contributed by atoms with E-state index in [1.165, 1.54) is 6.42 Å². The van der Waals surface area contributed by atoms with Crippen molar-refractivity contribution >= 4 is 52.5 Å². The summed E-state index contributed by atoms with van der Waals surface area (Å²) in [4.78, 5) is 16.8. The van der Waals surface area contributed by atoms with Crippen LogP contribution in [0.1, 0.15) is 43.2 Å². The summed E-state index contributed by atoms with van der Waals surface area (Å²) in [5.41, 5.74) is 2.21. The van der Waals surface area contributed by atoms with Gasteiger partial charge in [0.2, 0.25) is 0 Å². The summed E-state index contributed by atoms with van der Waals surface area (Å²) in [6.07, 6.45) is 7.36. The summed E-state index contributed by atoms with van der Waals surface area (Å²) in [7, 11) is 3.43. The van der Waals surface area contributed by atoms with E-state index in [1.54, 1.807) is 29.0 Å². The Balaban J connectivity index is 1.53. The summed E-state index contributed by atoms with van der Waals surface area (Å²) < 4.78 is 11.5. The molecule has 0 radical (unpaired) electrons. The normalized spacial score (nSPS) is 18.4. The second-order valence-electron chi connectivity index (χ2n) is 8.27. The van der Waals surface area contributed by atoms with Crippen LogP contribution in [0, 0.1) is 0 Å². The molecular weight excluding hydrogens is 479 g/mol. The van der Waals surface area contributed by atoms with E-state index in [9.17, 15) is 4.79 Å². The first-order chi connectivity index (χ1) is 15.9. The van der Waals surface area contributed by atoms with E-state index < -0.39 is 0 Å². The van der Waals surface area contributed by atoms with Gasteiger partial charge in [-0.2, -0.15) is 0 Å². The molecular formula is C25H26Cl2N2O3S. The minimum atomic E-state index is -0.0360. The molecule has 1 saturated carbocycles. The number of hydrogen-bond acceptors (Lipinski definition) is 4. The maximum atomic E-state index is 13.2. The third-order valence-electron chi connectivity index (χ3n) is 6.12. The Kier molecular flexibility index (Phi) is 7.47. The van der Waals surface area contributed by atoms with Crippen molar-refractivity contribution in [3.63, 3.8) is 0 Å². The first-order valence-electron chi connectivity index (χ1n) is 11.0. The van der Waals surface area contributed by atoms with E-state index in [-0.39, 0.29) is 18.6 Å². The number of carbonyl (C=O) groups excluding carboxylic acids is 1. The highest BCUT2D eigenvalue weighted by molar-refractivity contribution is 7.80. The molecule has 4 rings (SSSR count). The van der Waals surface area contributed by atoms with Gasteiger partial charge in [-0.15, -0.1) is 0 Å².